The van der Waals surface area contributed by atoms with Gasteiger partial charge in [0, 0.05) is 39.4 Å². The van der Waals surface area contributed by atoms with Crippen LogP contribution in [0, 0.1) is 0 Å². The first kappa shape index (κ1) is 37.5. The van der Waals surface area contributed by atoms with E-state index in [2.05, 4.69) is 225 Å². The first-order valence-corrected chi connectivity index (χ1v) is 21.9. The molecule has 0 atom stereocenters. The van der Waals surface area contributed by atoms with Crippen molar-refractivity contribution in [3.63, 3.8) is 0 Å². The molecule has 0 spiro atoms. The molecule has 1 aliphatic carbocycles. The third-order valence-corrected chi connectivity index (χ3v) is 13.0. The molecular weight excluding hydrogens is 777 g/mol. The van der Waals surface area contributed by atoms with Gasteiger partial charge in [0.15, 0.2) is 17.5 Å². The molecule has 0 unspecified atom stereocenters. The Morgan fingerprint density at radius 1 is 0.391 bits per heavy atom. The summed E-state index contributed by atoms with van der Waals surface area (Å²) in [4.78, 5) is 17.8. The van der Waals surface area contributed by atoms with E-state index >= 15 is 0 Å². The fraction of sp³-hybridized carbons (Fsp3) is 0.0500. The number of fused-ring (bicyclic) bond motifs is 4. The summed E-state index contributed by atoms with van der Waals surface area (Å²) in [5, 5.41) is 2.57. The fourth-order valence-corrected chi connectivity index (χ4v) is 9.84. The smallest absolute Gasteiger partial charge is 0.164 e. The molecule has 64 heavy (non-hydrogen) atoms. The molecule has 0 N–H and O–H groups in total. The number of nitrogens with zero attached hydrogens (tertiary/aromatic N) is 4. The molecule has 0 radical (unpaired) electrons. The minimum absolute atomic E-state index is 0.247. The van der Waals surface area contributed by atoms with Gasteiger partial charge in [0.25, 0.3) is 0 Å². The summed E-state index contributed by atoms with van der Waals surface area (Å²) >= 11 is 0. The number of para-hydroxylation sites is 1. The molecule has 0 bridgehead atoms. The molecule has 2 heterocycles. The molecule has 0 amide bonds. The van der Waals surface area contributed by atoms with Crippen molar-refractivity contribution in [1.82, 2.24) is 15.0 Å². The molecule has 9 aromatic carbocycles. The number of hydrogen-bond acceptors (Lipinski definition) is 4. The van der Waals surface area contributed by atoms with Gasteiger partial charge in [-0.05, 0) is 109 Å². The number of anilines is 2. The lowest BCUT2D eigenvalue weighted by atomic mass is 9.79. The van der Waals surface area contributed by atoms with Crippen LogP contribution >= 0.6 is 0 Å². The highest BCUT2D eigenvalue weighted by Crippen LogP contribution is 2.57. The van der Waals surface area contributed by atoms with Crippen LogP contribution in [0.15, 0.2) is 212 Å². The predicted octanol–water partition coefficient (Wildman–Crippen LogP) is 15.5. The van der Waals surface area contributed by atoms with Crippen LogP contribution in [0.25, 0.3) is 95.5 Å². The van der Waals surface area contributed by atoms with Crippen molar-refractivity contribution in [2.75, 3.05) is 4.90 Å². The van der Waals surface area contributed by atoms with E-state index in [0.29, 0.717) is 17.5 Å². The van der Waals surface area contributed by atoms with Gasteiger partial charge in [-0.25, -0.2) is 15.0 Å². The third-order valence-electron chi connectivity index (χ3n) is 13.0. The fourth-order valence-electron chi connectivity index (χ4n) is 9.84. The van der Waals surface area contributed by atoms with E-state index in [-0.39, 0.29) is 5.41 Å². The van der Waals surface area contributed by atoms with Gasteiger partial charge in [-0.3, -0.25) is 0 Å². The Bertz CT molecular complexity index is 3340. The Hall–Kier alpha value is -8.21. The zero-order valence-electron chi connectivity index (χ0n) is 35.6. The van der Waals surface area contributed by atoms with Crippen LogP contribution in [0.3, 0.4) is 0 Å². The van der Waals surface area contributed by atoms with Crippen LogP contribution in [-0.2, 0) is 5.41 Å². The van der Waals surface area contributed by atoms with Crippen LogP contribution in [0.4, 0.5) is 11.4 Å². The highest BCUT2D eigenvalue weighted by molar-refractivity contribution is 6.11. The van der Waals surface area contributed by atoms with Gasteiger partial charge >= 0.3 is 0 Å². The number of aromatic nitrogens is 3. The van der Waals surface area contributed by atoms with Gasteiger partial charge in [-0.2, -0.15) is 0 Å². The van der Waals surface area contributed by atoms with Crippen molar-refractivity contribution in [2.24, 2.45) is 0 Å². The van der Waals surface area contributed by atoms with Crippen LogP contribution in [0.2, 0.25) is 0 Å². The molecule has 302 valence electrons. The van der Waals surface area contributed by atoms with Crippen molar-refractivity contribution in [1.29, 1.82) is 0 Å². The molecular formula is C60H42N4. The Balaban J connectivity index is 0.935. The van der Waals surface area contributed by atoms with E-state index in [1.165, 1.54) is 49.8 Å². The van der Waals surface area contributed by atoms with Gasteiger partial charge in [0.1, 0.15) is 0 Å². The second-order valence-electron chi connectivity index (χ2n) is 17.3. The lowest BCUT2D eigenvalue weighted by molar-refractivity contribution is 0.661. The average Bonchev–Trinajstić information content (AvgIpc) is 3.59. The molecule has 1 aromatic heterocycles. The Kier molecular flexibility index (Phi) is 8.80. The molecule has 4 heteroatoms. The molecule has 4 nitrogen and oxygen atoms in total. The SMILES string of the molecule is CC1(C)c2cc(-c3ccc(-c4nc(-c5cccc(-c6ccccc6)c5)nc(-c5cccc(-c6ccccc6)c5)n4)cc3)ccc2-c2cc3cccc4c3c(c21)N(c1ccccc1)C=C4. The highest BCUT2D eigenvalue weighted by Gasteiger charge is 2.40. The van der Waals surface area contributed by atoms with Crippen molar-refractivity contribution < 1.29 is 0 Å². The Labute approximate surface area is 373 Å². The summed E-state index contributed by atoms with van der Waals surface area (Å²) < 4.78 is 0. The van der Waals surface area contributed by atoms with Gasteiger partial charge in [-0.1, -0.05) is 184 Å². The lowest BCUT2D eigenvalue weighted by Crippen LogP contribution is -2.22. The maximum Gasteiger partial charge on any atom is 0.164 e. The maximum absolute atomic E-state index is 5.15. The zero-order valence-corrected chi connectivity index (χ0v) is 35.6. The van der Waals surface area contributed by atoms with Gasteiger partial charge < -0.3 is 4.90 Å². The third kappa shape index (κ3) is 6.34. The molecule has 1 aliphatic heterocycles. The molecule has 2 aliphatic rings. The Morgan fingerprint density at radius 3 is 1.50 bits per heavy atom. The Morgan fingerprint density at radius 2 is 0.875 bits per heavy atom. The van der Waals surface area contributed by atoms with Crippen molar-refractivity contribution in [3.8, 4) is 78.7 Å². The predicted molar refractivity (Wildman–Crippen MR) is 265 cm³/mol. The van der Waals surface area contributed by atoms with Gasteiger partial charge in [-0.15, -0.1) is 0 Å². The van der Waals surface area contributed by atoms with E-state index in [0.717, 1.165) is 50.2 Å². The van der Waals surface area contributed by atoms with Gasteiger partial charge in [0.05, 0.1) is 5.69 Å². The highest BCUT2D eigenvalue weighted by atomic mass is 15.1. The number of hydrogen-bond donors (Lipinski definition) is 0. The van der Waals surface area contributed by atoms with Crippen LogP contribution in [-0.4, -0.2) is 15.0 Å². The van der Waals surface area contributed by atoms with E-state index in [1.807, 2.05) is 12.1 Å². The van der Waals surface area contributed by atoms with E-state index in [9.17, 15) is 0 Å². The summed E-state index contributed by atoms with van der Waals surface area (Å²) in [5.74, 6) is 1.89. The van der Waals surface area contributed by atoms with Crippen molar-refractivity contribution in [3.05, 3.63) is 229 Å². The van der Waals surface area contributed by atoms with Crippen LogP contribution in [0.5, 0.6) is 0 Å². The number of benzene rings is 9. The lowest BCUT2D eigenvalue weighted by Gasteiger charge is -2.33. The first-order valence-electron chi connectivity index (χ1n) is 21.9. The minimum Gasteiger partial charge on any atom is -0.316 e. The maximum atomic E-state index is 5.15. The molecule has 0 saturated carbocycles. The van der Waals surface area contributed by atoms with Gasteiger partial charge in [0.2, 0.25) is 0 Å². The zero-order chi connectivity index (χ0) is 42.8. The molecule has 0 fully saturated rings. The van der Waals surface area contributed by atoms with Crippen LogP contribution in [0.1, 0.15) is 30.5 Å². The van der Waals surface area contributed by atoms with Crippen LogP contribution < -0.4 is 4.90 Å². The molecule has 10 aromatic rings. The largest absolute Gasteiger partial charge is 0.316 e. The summed E-state index contributed by atoms with van der Waals surface area (Å²) in [6.45, 7) is 4.77. The van der Waals surface area contributed by atoms with Crippen molar-refractivity contribution >= 4 is 28.2 Å². The second kappa shape index (κ2) is 15.0. The first-order chi connectivity index (χ1) is 31.5. The normalized spacial score (nSPS) is 13.2. The quantitative estimate of drug-likeness (QED) is 0.161. The molecule has 0 saturated heterocycles. The monoisotopic (exact) mass is 818 g/mol. The van der Waals surface area contributed by atoms with E-state index in [1.54, 1.807) is 0 Å². The minimum atomic E-state index is -0.247. The summed E-state index contributed by atoms with van der Waals surface area (Å²) in [5.41, 5.74) is 18.4. The topological polar surface area (TPSA) is 41.9 Å². The van der Waals surface area contributed by atoms with E-state index < -0.39 is 0 Å². The van der Waals surface area contributed by atoms with Crippen molar-refractivity contribution in [2.45, 2.75) is 19.3 Å². The molecule has 12 rings (SSSR count). The second-order valence-corrected chi connectivity index (χ2v) is 17.3. The standard InChI is InChI=1S/C60H42N4/c1-60(2)53-38-46(31-32-51(53)52-37-47-22-12-19-42-33-34-64(50-25-10-5-11-26-50)56(54(42)47)55(52)60)41-27-29-43(30-28-41)57-61-58(48-23-13-20-44(35-48)39-15-6-3-7-16-39)63-59(62-57)49-24-14-21-45(36-49)40-17-8-4-9-18-40/h3-38H,1-2H3. The average molecular weight is 819 g/mol. The number of rotatable bonds is 7. The summed E-state index contributed by atoms with van der Waals surface area (Å²) in [7, 11) is 0. The van der Waals surface area contributed by atoms with E-state index in [4.69, 9.17) is 15.0 Å². The summed E-state index contributed by atoms with van der Waals surface area (Å²) in [6.07, 6.45) is 4.48. The summed E-state index contributed by atoms with van der Waals surface area (Å²) in [6, 6.07) is 73.3.